The number of anilines is 1. The Morgan fingerprint density at radius 2 is 2.04 bits per heavy atom. The molecule has 3 rings (SSSR count). The lowest BCUT2D eigenvalue weighted by Gasteiger charge is -2.23. The summed E-state index contributed by atoms with van der Waals surface area (Å²) in [6.45, 7) is 2.96. The molecule has 0 radical (unpaired) electrons. The van der Waals surface area contributed by atoms with Gasteiger partial charge in [-0.3, -0.25) is 4.98 Å². The highest BCUT2D eigenvalue weighted by molar-refractivity contribution is 6.31. The molecule has 1 atom stereocenters. The zero-order valence-electron chi connectivity index (χ0n) is 13.3. The number of nitrogens with one attached hydrogen (secondary N) is 2. The van der Waals surface area contributed by atoms with E-state index >= 15 is 0 Å². The van der Waals surface area contributed by atoms with Gasteiger partial charge in [0, 0.05) is 24.3 Å². The number of aromatic nitrogens is 3. The van der Waals surface area contributed by atoms with Crippen LogP contribution in [0, 0.1) is 0 Å². The van der Waals surface area contributed by atoms with Crippen LogP contribution < -0.4 is 16.7 Å². The molecule has 0 unspecified atom stereocenters. The molecule has 2 N–H and O–H groups in total. The van der Waals surface area contributed by atoms with Crippen LogP contribution in [0.15, 0.2) is 33.9 Å². The Kier molecular flexibility index (Phi) is 5.01. The highest BCUT2D eigenvalue weighted by Gasteiger charge is 2.20. The lowest BCUT2D eigenvalue weighted by molar-refractivity contribution is 0.0670. The van der Waals surface area contributed by atoms with Crippen molar-refractivity contribution in [3.8, 4) is 0 Å². The Hall–Kier alpha value is -2.12. The van der Waals surface area contributed by atoms with Gasteiger partial charge in [-0.25, -0.2) is 14.2 Å². The maximum Gasteiger partial charge on any atom is 0.355 e. The fourth-order valence-electron chi connectivity index (χ4n) is 2.87. The monoisotopic (exact) mass is 350 g/mol. The molecule has 2 aromatic rings. The third kappa shape index (κ3) is 3.52. The summed E-state index contributed by atoms with van der Waals surface area (Å²) in [5.74, 6) is 0.140. The van der Waals surface area contributed by atoms with E-state index in [0.717, 1.165) is 5.56 Å². The smallest absolute Gasteiger partial charge is 0.355 e. The van der Waals surface area contributed by atoms with Crippen LogP contribution in [0.1, 0.15) is 37.4 Å². The van der Waals surface area contributed by atoms with Crippen LogP contribution >= 0.6 is 11.6 Å². The Balaban J connectivity index is 1.84. The van der Waals surface area contributed by atoms with E-state index < -0.39 is 11.4 Å². The molecule has 1 aliphatic heterocycles. The molecular formula is C16H19ClN4O3. The lowest BCUT2D eigenvalue weighted by Crippen LogP contribution is -2.42. The first-order valence-electron chi connectivity index (χ1n) is 7.88. The van der Waals surface area contributed by atoms with E-state index in [0.29, 0.717) is 31.1 Å². The van der Waals surface area contributed by atoms with Crippen LogP contribution in [0.2, 0.25) is 5.02 Å². The molecule has 1 aromatic carbocycles. The van der Waals surface area contributed by atoms with Crippen molar-refractivity contribution in [2.75, 3.05) is 18.5 Å². The van der Waals surface area contributed by atoms with Crippen molar-refractivity contribution < 1.29 is 4.74 Å². The predicted molar refractivity (Wildman–Crippen MR) is 91.7 cm³/mol. The summed E-state index contributed by atoms with van der Waals surface area (Å²) in [4.78, 5) is 31.2. The molecule has 128 valence electrons. The third-order valence-corrected chi connectivity index (χ3v) is 4.48. The second kappa shape index (κ2) is 7.19. The minimum Gasteiger partial charge on any atom is -0.381 e. The van der Waals surface area contributed by atoms with Crippen LogP contribution in [0.4, 0.5) is 5.95 Å². The van der Waals surface area contributed by atoms with Gasteiger partial charge in [0.2, 0.25) is 5.95 Å². The van der Waals surface area contributed by atoms with E-state index in [4.69, 9.17) is 16.3 Å². The zero-order chi connectivity index (χ0) is 17.1. The number of H-pyrrole nitrogens is 1. The lowest BCUT2D eigenvalue weighted by atomic mass is 10.1. The van der Waals surface area contributed by atoms with Gasteiger partial charge in [0.05, 0.1) is 6.04 Å². The Morgan fingerprint density at radius 3 is 2.71 bits per heavy atom. The predicted octanol–water partition coefficient (Wildman–Crippen LogP) is 2.11. The van der Waals surface area contributed by atoms with E-state index in [1.165, 1.54) is 4.57 Å². The van der Waals surface area contributed by atoms with Gasteiger partial charge >= 0.3 is 11.4 Å². The average molecular weight is 351 g/mol. The maximum absolute atomic E-state index is 12.3. The van der Waals surface area contributed by atoms with Crippen LogP contribution in [0.3, 0.4) is 0 Å². The van der Waals surface area contributed by atoms with E-state index in [9.17, 15) is 9.59 Å². The highest BCUT2D eigenvalue weighted by Crippen LogP contribution is 2.24. The van der Waals surface area contributed by atoms with Crippen LogP contribution in [0.5, 0.6) is 0 Å². The van der Waals surface area contributed by atoms with Crippen LogP contribution in [-0.2, 0) is 4.74 Å². The SMILES string of the molecule is C[C@H](Nc1nc(=O)n(C2CCOCC2)c(=O)[nH]1)c1ccccc1Cl. The second-order valence-corrected chi connectivity index (χ2v) is 6.18. The number of nitrogens with zero attached hydrogens (tertiary/aromatic N) is 2. The van der Waals surface area contributed by atoms with Crippen LogP contribution in [-0.4, -0.2) is 27.7 Å². The Labute approximate surface area is 143 Å². The molecule has 0 saturated carbocycles. The number of hydrogen-bond acceptors (Lipinski definition) is 5. The van der Waals surface area contributed by atoms with Gasteiger partial charge in [0.1, 0.15) is 0 Å². The highest BCUT2D eigenvalue weighted by atomic mass is 35.5. The fraction of sp³-hybridized carbons (Fsp3) is 0.438. The largest absolute Gasteiger partial charge is 0.381 e. The number of benzene rings is 1. The quantitative estimate of drug-likeness (QED) is 0.881. The summed E-state index contributed by atoms with van der Waals surface area (Å²) in [7, 11) is 0. The van der Waals surface area contributed by atoms with Crippen molar-refractivity contribution >= 4 is 17.5 Å². The minimum atomic E-state index is -0.556. The topological polar surface area (TPSA) is 89.0 Å². The van der Waals surface area contributed by atoms with Crippen LogP contribution in [0.25, 0.3) is 0 Å². The number of ether oxygens (including phenoxy) is 1. The Bertz CT molecular complexity index is 795. The summed E-state index contributed by atoms with van der Waals surface area (Å²) in [5, 5.41) is 3.63. The number of halogens is 1. The van der Waals surface area contributed by atoms with Gasteiger partial charge in [-0.2, -0.15) is 4.98 Å². The molecular weight excluding hydrogens is 332 g/mol. The molecule has 1 saturated heterocycles. The van der Waals surface area contributed by atoms with Gasteiger partial charge in [0.25, 0.3) is 0 Å². The average Bonchev–Trinajstić information content (AvgIpc) is 2.55. The molecule has 1 aliphatic rings. The van der Waals surface area contributed by atoms with Gasteiger partial charge in [0.15, 0.2) is 0 Å². The molecule has 0 aliphatic carbocycles. The van der Waals surface area contributed by atoms with Gasteiger partial charge in [-0.05, 0) is 31.4 Å². The molecule has 0 spiro atoms. The molecule has 1 aromatic heterocycles. The minimum absolute atomic E-state index is 0.140. The number of hydrogen-bond donors (Lipinski definition) is 2. The molecule has 2 heterocycles. The molecule has 7 nitrogen and oxygen atoms in total. The van der Waals surface area contributed by atoms with Crippen molar-refractivity contribution in [3.05, 3.63) is 55.8 Å². The van der Waals surface area contributed by atoms with Crippen molar-refractivity contribution in [2.24, 2.45) is 0 Å². The first-order valence-corrected chi connectivity index (χ1v) is 8.25. The second-order valence-electron chi connectivity index (χ2n) is 5.77. The van der Waals surface area contributed by atoms with Crippen molar-refractivity contribution in [2.45, 2.75) is 31.8 Å². The molecule has 0 amide bonds. The normalized spacial score (nSPS) is 16.8. The molecule has 8 heteroatoms. The van der Waals surface area contributed by atoms with Crippen molar-refractivity contribution in [1.82, 2.24) is 14.5 Å². The molecule has 0 bridgehead atoms. The van der Waals surface area contributed by atoms with Gasteiger partial charge in [-0.15, -0.1) is 0 Å². The van der Waals surface area contributed by atoms with E-state index in [2.05, 4.69) is 15.3 Å². The fourth-order valence-corrected chi connectivity index (χ4v) is 3.17. The molecule has 24 heavy (non-hydrogen) atoms. The summed E-state index contributed by atoms with van der Waals surface area (Å²) >= 11 is 6.16. The summed E-state index contributed by atoms with van der Waals surface area (Å²) in [5.41, 5.74) is -0.161. The summed E-state index contributed by atoms with van der Waals surface area (Å²) in [6, 6.07) is 7.00. The molecule has 1 fully saturated rings. The zero-order valence-corrected chi connectivity index (χ0v) is 14.0. The van der Waals surface area contributed by atoms with Crippen molar-refractivity contribution in [1.29, 1.82) is 0 Å². The van der Waals surface area contributed by atoms with E-state index in [-0.39, 0.29) is 18.0 Å². The summed E-state index contributed by atoms with van der Waals surface area (Å²) < 4.78 is 6.44. The first-order chi connectivity index (χ1) is 11.6. The number of rotatable bonds is 4. The maximum atomic E-state index is 12.3. The van der Waals surface area contributed by atoms with Gasteiger partial charge in [-0.1, -0.05) is 29.8 Å². The third-order valence-electron chi connectivity index (χ3n) is 4.14. The Morgan fingerprint density at radius 1 is 1.33 bits per heavy atom. The first kappa shape index (κ1) is 16.7. The van der Waals surface area contributed by atoms with Gasteiger partial charge < -0.3 is 10.1 Å². The number of aromatic amines is 1. The van der Waals surface area contributed by atoms with E-state index in [1.807, 2.05) is 25.1 Å². The van der Waals surface area contributed by atoms with Crippen molar-refractivity contribution in [3.63, 3.8) is 0 Å². The van der Waals surface area contributed by atoms with E-state index in [1.54, 1.807) is 6.07 Å². The summed E-state index contributed by atoms with van der Waals surface area (Å²) in [6.07, 6.45) is 1.26. The standard InChI is InChI=1S/C16H19ClN4O3/c1-10(12-4-2-3-5-13(12)17)18-14-19-15(22)21(16(23)20-14)11-6-8-24-9-7-11/h2-5,10-11H,6-9H2,1H3,(H2,18,19,20,22,23)/t10-/m0/s1.